The first kappa shape index (κ1) is 78.4. The van der Waals surface area contributed by atoms with Crippen LogP contribution in [0, 0.1) is 0 Å². The number of hydrogen-bond acceptors (Lipinski definition) is 3. The number of unbranched alkanes of at least 4 members (excludes halogenated alkanes) is 21. The van der Waals surface area contributed by atoms with Crippen LogP contribution >= 0.6 is 0 Å². The summed E-state index contributed by atoms with van der Waals surface area (Å²) in [6.07, 6.45) is 34.4. The van der Waals surface area contributed by atoms with Gasteiger partial charge in [0, 0.05) is 13.2 Å². The molecule has 0 aliphatic carbocycles. The number of rotatable bonds is 24. The van der Waals surface area contributed by atoms with Gasteiger partial charge in [-0.1, -0.05) is 196 Å². The van der Waals surface area contributed by atoms with Gasteiger partial charge in [0.15, 0.2) is 0 Å². The van der Waals surface area contributed by atoms with E-state index in [-0.39, 0.29) is 13.2 Å². The molecule has 3 heteroatoms. The van der Waals surface area contributed by atoms with E-state index in [2.05, 4.69) is 120 Å². The maximum Gasteiger partial charge on any atom is 0.0662 e. The van der Waals surface area contributed by atoms with Crippen molar-refractivity contribution in [2.45, 2.75) is 209 Å². The highest BCUT2D eigenvalue weighted by Gasteiger charge is 1.89. The van der Waals surface area contributed by atoms with Gasteiger partial charge in [0.25, 0.3) is 0 Å². The molecule has 0 amide bonds. The van der Waals surface area contributed by atoms with Gasteiger partial charge in [-0.3, -0.25) is 0 Å². The summed E-state index contributed by atoms with van der Waals surface area (Å²) in [7, 11) is 0. The van der Waals surface area contributed by atoms with Gasteiger partial charge in [-0.2, -0.15) is 0 Å². The van der Waals surface area contributed by atoms with Crippen LogP contribution in [-0.4, -0.2) is 36.6 Å². The van der Waals surface area contributed by atoms with E-state index in [0.29, 0.717) is 0 Å². The summed E-state index contributed by atoms with van der Waals surface area (Å²) in [4.78, 5) is 0. The first-order valence-electron chi connectivity index (χ1n) is 20.9. The zero-order chi connectivity index (χ0) is 42.5. The SMILES string of the molecule is C=C.C=C.C=C.C=C.C=C.C=C.CCCCCCCCCC.CCCCCCCCCC.CCCCCCCCCC.CCOCC.OCCO. The number of aliphatic hydroxyl groups excluding tert-OH is 2. The molecule has 51 heavy (non-hydrogen) atoms. The first-order chi connectivity index (χ1) is 25.1. The Morgan fingerprint density at radius 1 is 0.255 bits per heavy atom. The van der Waals surface area contributed by atoms with Crippen LogP contribution in [0.1, 0.15) is 209 Å². The minimum atomic E-state index is -0.125. The minimum absolute atomic E-state index is 0.125. The Balaban J connectivity index is -0.0000000414. The fraction of sp³-hybridized carbons (Fsp3) is 0.750. The van der Waals surface area contributed by atoms with E-state index >= 15 is 0 Å². The second-order valence-corrected chi connectivity index (χ2v) is 10.6. The molecule has 3 nitrogen and oxygen atoms in total. The van der Waals surface area contributed by atoms with Crippen molar-refractivity contribution in [1.29, 1.82) is 0 Å². The molecule has 0 atom stereocenters. The van der Waals surface area contributed by atoms with E-state index in [9.17, 15) is 0 Å². The molecule has 0 unspecified atom stereocenters. The van der Waals surface area contributed by atoms with Crippen LogP contribution in [0.15, 0.2) is 78.9 Å². The van der Waals surface area contributed by atoms with Crippen molar-refractivity contribution >= 4 is 0 Å². The Morgan fingerprint density at radius 2 is 0.373 bits per heavy atom. The standard InChI is InChI=1S/3C10H22.C4H10O.C2H6O2.6C2H4/c3*1-3-5-7-9-10-8-6-4-2;1-3-5-4-2;3-1-2-4;6*1-2/h3*3-10H2,1-2H3;3-4H2,1-2H3;3-4H,1-2H2;6*1-2H2. The van der Waals surface area contributed by atoms with Crippen molar-refractivity contribution in [1.82, 2.24) is 0 Å². The average molecular weight is 731 g/mol. The molecule has 2 N–H and O–H groups in total. The Hall–Kier alpha value is -1.68. The number of ether oxygens (including phenoxy) is 1. The highest BCUT2D eigenvalue weighted by atomic mass is 16.5. The molecule has 316 valence electrons. The van der Waals surface area contributed by atoms with Crippen LogP contribution in [-0.2, 0) is 4.74 Å². The number of hydrogen-bond donors (Lipinski definition) is 2. The van der Waals surface area contributed by atoms with Crippen molar-refractivity contribution in [3.8, 4) is 0 Å². The zero-order valence-corrected chi connectivity index (χ0v) is 37.6. The molecule has 0 radical (unpaired) electrons. The lowest BCUT2D eigenvalue weighted by atomic mass is 10.1. The lowest BCUT2D eigenvalue weighted by Crippen LogP contribution is -1.85. The molecule has 0 aliphatic heterocycles. The fourth-order valence-electron chi connectivity index (χ4n) is 3.83. The molecule has 0 spiro atoms. The topological polar surface area (TPSA) is 49.7 Å². The van der Waals surface area contributed by atoms with E-state index in [1.807, 2.05) is 13.8 Å². The Labute approximate surface area is 329 Å². The van der Waals surface area contributed by atoms with Crippen molar-refractivity contribution in [2.75, 3.05) is 26.4 Å². The van der Waals surface area contributed by atoms with Crippen molar-refractivity contribution in [3.05, 3.63) is 78.9 Å². The van der Waals surface area contributed by atoms with Crippen molar-refractivity contribution < 1.29 is 14.9 Å². The van der Waals surface area contributed by atoms with Gasteiger partial charge in [-0.25, -0.2) is 0 Å². The predicted octanol–water partition coefficient (Wildman–Crippen LogP) is 17.3. The van der Waals surface area contributed by atoms with Crippen molar-refractivity contribution in [3.63, 3.8) is 0 Å². The summed E-state index contributed by atoms with van der Waals surface area (Å²) in [5, 5.41) is 15.2. The van der Waals surface area contributed by atoms with Crippen LogP contribution in [0.4, 0.5) is 0 Å². The monoisotopic (exact) mass is 731 g/mol. The molecule has 0 aromatic heterocycles. The van der Waals surface area contributed by atoms with E-state index in [4.69, 9.17) is 14.9 Å². The third-order valence-electron chi connectivity index (χ3n) is 6.38. The van der Waals surface area contributed by atoms with Gasteiger partial charge < -0.3 is 14.9 Å². The minimum Gasteiger partial charge on any atom is -0.394 e. The average Bonchev–Trinajstić information content (AvgIpc) is 3.21. The molecule has 0 aromatic carbocycles. The van der Waals surface area contributed by atoms with E-state index < -0.39 is 0 Å². The number of aliphatic hydroxyl groups is 2. The predicted molar refractivity (Wildman–Crippen MR) is 249 cm³/mol. The van der Waals surface area contributed by atoms with Gasteiger partial charge in [-0.15, -0.1) is 78.9 Å². The maximum absolute atomic E-state index is 7.62. The van der Waals surface area contributed by atoms with Gasteiger partial charge in [0.1, 0.15) is 0 Å². The van der Waals surface area contributed by atoms with Crippen LogP contribution in [0.5, 0.6) is 0 Å². The molecule has 0 aliphatic rings. The van der Waals surface area contributed by atoms with Crippen LogP contribution in [0.25, 0.3) is 0 Å². The third kappa shape index (κ3) is 208. The van der Waals surface area contributed by atoms with Gasteiger partial charge in [-0.05, 0) is 13.8 Å². The molecule has 0 saturated heterocycles. The van der Waals surface area contributed by atoms with Gasteiger partial charge >= 0.3 is 0 Å². The van der Waals surface area contributed by atoms with Gasteiger partial charge in [0.05, 0.1) is 13.2 Å². The van der Waals surface area contributed by atoms with E-state index in [1.165, 1.54) is 154 Å². The second-order valence-electron chi connectivity index (χ2n) is 10.6. The van der Waals surface area contributed by atoms with E-state index in [1.54, 1.807) is 0 Å². The quantitative estimate of drug-likeness (QED) is 0.0768. The molecular weight excluding hydrogens is 625 g/mol. The second kappa shape index (κ2) is 145. The summed E-state index contributed by atoms with van der Waals surface area (Å²) in [5.41, 5.74) is 0. The summed E-state index contributed by atoms with van der Waals surface area (Å²) < 4.78 is 4.83. The van der Waals surface area contributed by atoms with Crippen LogP contribution in [0.3, 0.4) is 0 Å². The largest absolute Gasteiger partial charge is 0.394 e. The molecule has 0 rings (SSSR count). The van der Waals surface area contributed by atoms with Gasteiger partial charge in [0.2, 0.25) is 0 Å². The summed E-state index contributed by atoms with van der Waals surface area (Å²) in [6, 6.07) is 0. The molecule has 0 heterocycles. The molecule has 0 saturated carbocycles. The summed E-state index contributed by atoms with van der Waals surface area (Å²) in [6.45, 7) is 55.0. The molecule has 0 bridgehead atoms. The molecule has 0 fully saturated rings. The Bertz CT molecular complexity index is 294. The highest BCUT2D eigenvalue weighted by Crippen LogP contribution is 2.09. The van der Waals surface area contributed by atoms with Crippen molar-refractivity contribution in [2.24, 2.45) is 0 Å². The Kier molecular flexibility index (Phi) is 223. The summed E-state index contributed by atoms with van der Waals surface area (Å²) in [5.74, 6) is 0. The molecular formula is C48H106O3. The highest BCUT2D eigenvalue weighted by molar-refractivity contribution is 4.45. The summed E-state index contributed by atoms with van der Waals surface area (Å²) >= 11 is 0. The normalized spacial score (nSPS) is 7.88. The fourth-order valence-corrected chi connectivity index (χ4v) is 3.83. The van der Waals surface area contributed by atoms with E-state index in [0.717, 1.165) is 13.2 Å². The maximum atomic E-state index is 7.62. The smallest absolute Gasteiger partial charge is 0.0662 e. The third-order valence-corrected chi connectivity index (χ3v) is 6.38. The van der Waals surface area contributed by atoms with Crippen LogP contribution < -0.4 is 0 Å². The lowest BCUT2D eigenvalue weighted by molar-refractivity contribution is 0.162. The zero-order valence-electron chi connectivity index (χ0n) is 37.6. The van der Waals surface area contributed by atoms with Crippen LogP contribution in [0.2, 0.25) is 0 Å². The first-order valence-corrected chi connectivity index (χ1v) is 20.9. The Morgan fingerprint density at radius 3 is 0.431 bits per heavy atom. The lowest BCUT2D eigenvalue weighted by Gasteiger charge is -1.97. The molecule has 0 aromatic rings.